The highest BCUT2D eigenvalue weighted by molar-refractivity contribution is 9.10. The molecule has 24 heavy (non-hydrogen) atoms. The quantitative estimate of drug-likeness (QED) is 0.401. The zero-order valence-electron chi connectivity index (χ0n) is 12.4. The standard InChI is InChI=1S/C19H11BrClNS2/c20-15-3-1-13(2-4-15)14(12-22)11-18-9-10-19(24-18)23-17-7-5-16(21)6-8-17/h1-11H/b14-11-. The molecule has 0 aliphatic heterocycles. The van der Waals surface area contributed by atoms with E-state index in [4.69, 9.17) is 11.6 Å². The SMILES string of the molecule is N#C/C(=C/c1ccc(Sc2ccc(Cl)cc2)s1)c1ccc(Br)cc1. The van der Waals surface area contributed by atoms with Crippen LogP contribution in [0.4, 0.5) is 0 Å². The summed E-state index contributed by atoms with van der Waals surface area (Å²) in [5, 5.41) is 10.2. The molecule has 0 N–H and O–H groups in total. The highest BCUT2D eigenvalue weighted by Gasteiger charge is 2.05. The predicted molar refractivity (Wildman–Crippen MR) is 108 cm³/mol. The van der Waals surface area contributed by atoms with E-state index in [1.54, 1.807) is 23.1 Å². The number of halogens is 2. The molecule has 0 amide bonds. The van der Waals surface area contributed by atoms with Crippen molar-refractivity contribution in [3.05, 3.63) is 80.6 Å². The molecule has 2 aromatic carbocycles. The van der Waals surface area contributed by atoms with Gasteiger partial charge < -0.3 is 0 Å². The van der Waals surface area contributed by atoms with Crippen LogP contribution in [0, 0.1) is 11.3 Å². The van der Waals surface area contributed by atoms with Crippen molar-refractivity contribution in [2.24, 2.45) is 0 Å². The van der Waals surface area contributed by atoms with Gasteiger partial charge in [-0.25, -0.2) is 0 Å². The van der Waals surface area contributed by atoms with E-state index in [1.807, 2.05) is 60.7 Å². The second-order valence-electron chi connectivity index (χ2n) is 4.89. The Morgan fingerprint density at radius 1 is 1.04 bits per heavy atom. The number of nitrogens with zero attached hydrogens (tertiary/aromatic N) is 1. The lowest BCUT2D eigenvalue weighted by molar-refractivity contribution is 1.46. The number of benzene rings is 2. The van der Waals surface area contributed by atoms with Crippen LogP contribution in [0.5, 0.6) is 0 Å². The maximum absolute atomic E-state index is 9.43. The van der Waals surface area contributed by atoms with Crippen molar-refractivity contribution < 1.29 is 0 Å². The molecule has 0 saturated carbocycles. The van der Waals surface area contributed by atoms with Crippen molar-refractivity contribution in [1.82, 2.24) is 0 Å². The van der Waals surface area contributed by atoms with Gasteiger partial charge in [0.05, 0.1) is 15.9 Å². The van der Waals surface area contributed by atoms with Gasteiger partial charge in [-0.05, 0) is 60.2 Å². The van der Waals surface area contributed by atoms with Crippen LogP contribution in [-0.4, -0.2) is 0 Å². The van der Waals surface area contributed by atoms with E-state index in [2.05, 4.69) is 28.1 Å². The summed E-state index contributed by atoms with van der Waals surface area (Å²) in [6.45, 7) is 0. The fourth-order valence-corrected chi connectivity index (χ4v) is 4.49. The van der Waals surface area contributed by atoms with Gasteiger partial charge in [0.25, 0.3) is 0 Å². The first-order valence-electron chi connectivity index (χ1n) is 7.05. The molecule has 0 fully saturated rings. The van der Waals surface area contributed by atoms with E-state index < -0.39 is 0 Å². The summed E-state index contributed by atoms with van der Waals surface area (Å²) in [4.78, 5) is 2.20. The molecule has 1 heterocycles. The Morgan fingerprint density at radius 2 is 1.75 bits per heavy atom. The Morgan fingerprint density at radius 3 is 2.42 bits per heavy atom. The molecule has 0 aliphatic rings. The lowest BCUT2D eigenvalue weighted by atomic mass is 10.1. The van der Waals surface area contributed by atoms with Crippen LogP contribution in [-0.2, 0) is 0 Å². The number of nitriles is 1. The highest BCUT2D eigenvalue weighted by Crippen LogP contribution is 2.35. The Balaban J connectivity index is 1.80. The first kappa shape index (κ1) is 17.3. The molecule has 3 aromatic rings. The Hall–Kier alpha value is -1.51. The Bertz CT molecular complexity index is 906. The maximum Gasteiger partial charge on any atom is 0.0998 e. The first-order chi connectivity index (χ1) is 11.6. The van der Waals surface area contributed by atoms with Crippen LogP contribution >= 0.6 is 50.6 Å². The highest BCUT2D eigenvalue weighted by atomic mass is 79.9. The van der Waals surface area contributed by atoms with E-state index in [-0.39, 0.29) is 0 Å². The number of hydrogen-bond donors (Lipinski definition) is 0. The molecule has 0 atom stereocenters. The normalized spacial score (nSPS) is 11.3. The van der Waals surface area contributed by atoms with Gasteiger partial charge in [0.1, 0.15) is 0 Å². The van der Waals surface area contributed by atoms with Crippen molar-refractivity contribution in [3.63, 3.8) is 0 Å². The van der Waals surface area contributed by atoms with Crippen LogP contribution in [0.1, 0.15) is 10.4 Å². The number of allylic oxidation sites excluding steroid dienone is 1. The van der Waals surface area contributed by atoms with Crippen molar-refractivity contribution in [3.8, 4) is 6.07 Å². The minimum absolute atomic E-state index is 0.660. The third-order valence-corrected chi connectivity index (χ3v) is 6.15. The van der Waals surface area contributed by atoms with Crippen LogP contribution < -0.4 is 0 Å². The van der Waals surface area contributed by atoms with Gasteiger partial charge in [-0.1, -0.05) is 51.4 Å². The summed E-state index contributed by atoms with van der Waals surface area (Å²) < 4.78 is 2.18. The molecule has 5 heteroatoms. The van der Waals surface area contributed by atoms with Gasteiger partial charge in [0.15, 0.2) is 0 Å². The van der Waals surface area contributed by atoms with Gasteiger partial charge in [-0.3, -0.25) is 0 Å². The summed E-state index contributed by atoms with van der Waals surface area (Å²) >= 11 is 12.7. The third-order valence-electron chi connectivity index (χ3n) is 3.20. The van der Waals surface area contributed by atoms with Crippen molar-refractivity contribution in [2.75, 3.05) is 0 Å². The molecule has 0 spiro atoms. The van der Waals surface area contributed by atoms with E-state index in [9.17, 15) is 5.26 Å². The number of hydrogen-bond acceptors (Lipinski definition) is 3. The molecule has 118 valence electrons. The van der Waals surface area contributed by atoms with Gasteiger partial charge >= 0.3 is 0 Å². The average molecular weight is 433 g/mol. The van der Waals surface area contributed by atoms with Gasteiger partial charge in [0, 0.05) is 19.3 Å². The fraction of sp³-hybridized carbons (Fsp3) is 0. The van der Waals surface area contributed by atoms with Crippen molar-refractivity contribution >= 4 is 62.3 Å². The number of rotatable bonds is 4. The van der Waals surface area contributed by atoms with Crippen molar-refractivity contribution in [1.29, 1.82) is 5.26 Å². The van der Waals surface area contributed by atoms with Gasteiger partial charge in [0.2, 0.25) is 0 Å². The number of thiophene rings is 1. The van der Waals surface area contributed by atoms with E-state index >= 15 is 0 Å². The Labute approximate surface area is 162 Å². The van der Waals surface area contributed by atoms with Gasteiger partial charge in [-0.15, -0.1) is 11.3 Å². The first-order valence-corrected chi connectivity index (χ1v) is 9.85. The monoisotopic (exact) mass is 431 g/mol. The fourth-order valence-electron chi connectivity index (χ4n) is 2.04. The molecular formula is C19H11BrClNS2. The van der Waals surface area contributed by atoms with E-state index in [1.165, 1.54) is 4.21 Å². The van der Waals surface area contributed by atoms with Crippen LogP contribution in [0.2, 0.25) is 5.02 Å². The summed E-state index contributed by atoms with van der Waals surface area (Å²) in [7, 11) is 0. The molecule has 1 aromatic heterocycles. The molecule has 1 nitrogen and oxygen atoms in total. The molecule has 0 bridgehead atoms. The summed E-state index contributed by atoms with van der Waals surface area (Å²) in [6.07, 6.45) is 1.93. The summed E-state index contributed by atoms with van der Waals surface area (Å²) in [6, 6.07) is 21.9. The van der Waals surface area contributed by atoms with Crippen LogP contribution in [0.25, 0.3) is 11.6 Å². The zero-order valence-corrected chi connectivity index (χ0v) is 16.3. The second kappa shape index (κ2) is 8.04. The molecule has 0 saturated heterocycles. The third kappa shape index (κ3) is 4.52. The van der Waals surface area contributed by atoms with Crippen LogP contribution in [0.3, 0.4) is 0 Å². The summed E-state index contributed by atoms with van der Waals surface area (Å²) in [5.74, 6) is 0. The minimum Gasteiger partial charge on any atom is -0.192 e. The minimum atomic E-state index is 0.660. The second-order valence-corrected chi connectivity index (χ2v) is 8.73. The molecule has 0 aliphatic carbocycles. The van der Waals surface area contributed by atoms with Gasteiger partial charge in [-0.2, -0.15) is 5.26 Å². The topological polar surface area (TPSA) is 23.8 Å². The average Bonchev–Trinajstić information content (AvgIpc) is 3.03. The lowest BCUT2D eigenvalue weighted by Gasteiger charge is -1.99. The molecule has 0 radical (unpaired) electrons. The Kier molecular flexibility index (Phi) is 5.80. The molecule has 0 unspecified atom stereocenters. The van der Waals surface area contributed by atoms with Crippen LogP contribution in [0.15, 0.2) is 74.2 Å². The predicted octanol–water partition coefficient (Wildman–Crippen LogP) is 7.38. The zero-order chi connectivity index (χ0) is 16.9. The molecule has 3 rings (SSSR count). The maximum atomic E-state index is 9.43. The van der Waals surface area contributed by atoms with Crippen molar-refractivity contribution in [2.45, 2.75) is 9.10 Å². The lowest BCUT2D eigenvalue weighted by Crippen LogP contribution is -1.80. The molecular weight excluding hydrogens is 422 g/mol. The van der Waals surface area contributed by atoms with E-state index in [0.717, 1.165) is 24.8 Å². The van der Waals surface area contributed by atoms with E-state index in [0.29, 0.717) is 5.57 Å². The smallest absolute Gasteiger partial charge is 0.0998 e. The largest absolute Gasteiger partial charge is 0.192 e. The summed E-state index contributed by atoms with van der Waals surface area (Å²) in [5.41, 5.74) is 1.58.